The van der Waals surface area contributed by atoms with Crippen LogP contribution >= 0.6 is 0 Å². The minimum atomic E-state index is -0.527. The third kappa shape index (κ3) is 30.5. The van der Waals surface area contributed by atoms with Gasteiger partial charge in [-0.3, -0.25) is 0 Å². The van der Waals surface area contributed by atoms with E-state index < -0.39 is 5.41 Å². The van der Waals surface area contributed by atoms with Crippen molar-refractivity contribution in [2.24, 2.45) is 5.41 Å². The van der Waals surface area contributed by atoms with Gasteiger partial charge in [-0.2, -0.15) is 0 Å². The van der Waals surface area contributed by atoms with Crippen molar-refractivity contribution in [3.63, 3.8) is 0 Å². The van der Waals surface area contributed by atoms with Gasteiger partial charge in [-0.1, -0.05) is 0 Å². The van der Waals surface area contributed by atoms with Gasteiger partial charge in [-0.15, -0.1) is 13.1 Å². The monoisotopic (exact) mass is 688 g/mol. The van der Waals surface area contributed by atoms with Gasteiger partial charge in [0.2, 0.25) is 0 Å². The molecule has 0 aromatic heterocycles. The quantitative estimate of drug-likeness (QED) is 0.103. The summed E-state index contributed by atoms with van der Waals surface area (Å²) in [6.45, 7) is 9.17. The Morgan fingerprint density at radius 3 is 0.973 bits per heavy atom. The Morgan fingerprint density at radius 1 is 0.432 bits per heavy atom. The average Bonchev–Trinajstić information content (AvgIpc) is 2.87. The zero-order chi connectivity index (χ0) is 25.7. The van der Waals surface area contributed by atoms with Gasteiger partial charge in [0.05, 0.1) is 97.9 Å². The van der Waals surface area contributed by atoms with E-state index in [4.69, 9.17) is 49.4 Å². The maximum absolute atomic E-state index is 7.15. The van der Waals surface area contributed by atoms with E-state index in [2.05, 4.69) is 10.6 Å². The molecule has 12 nitrogen and oxygen atoms in total. The van der Waals surface area contributed by atoms with Gasteiger partial charge >= 0.3 is 0 Å². The molecular weight excluding hydrogens is 638 g/mol. The maximum atomic E-state index is 7.15. The van der Waals surface area contributed by atoms with Gasteiger partial charge in [-0.05, 0) is 14.1 Å². The summed E-state index contributed by atoms with van der Waals surface area (Å²) in [5, 5.41) is 6.08. The minimum Gasteiger partial charge on any atom is -0.676 e. The molecule has 0 amide bonds. The van der Waals surface area contributed by atoms with Crippen LogP contribution in [0.1, 0.15) is 0 Å². The molecule has 0 saturated heterocycles. The zero-order valence-electron chi connectivity index (χ0n) is 23.1. The molecule has 4 N–H and O–H groups in total. The molecule has 0 unspecified atom stereocenters. The van der Waals surface area contributed by atoms with Crippen LogP contribution in [-0.4, -0.2) is 146 Å². The van der Waals surface area contributed by atoms with Crippen molar-refractivity contribution in [3.8, 4) is 0 Å². The van der Waals surface area contributed by atoms with Crippen molar-refractivity contribution >= 4 is 0 Å². The predicted octanol–water partition coefficient (Wildman–Crippen LogP) is 0.644. The van der Waals surface area contributed by atoms with Crippen LogP contribution in [0.25, 0.3) is 11.5 Å². The summed E-state index contributed by atoms with van der Waals surface area (Å²) >= 11 is 0. The summed E-state index contributed by atoms with van der Waals surface area (Å²) < 4.78 is 45.5. The molecular formula is C23H50N4O8Y2-2. The number of hydrogen-bond donors (Lipinski definition) is 2. The van der Waals surface area contributed by atoms with Crippen molar-refractivity contribution in [1.82, 2.24) is 10.6 Å². The van der Waals surface area contributed by atoms with Gasteiger partial charge < -0.3 is 60.0 Å². The van der Waals surface area contributed by atoms with Crippen LogP contribution in [0.3, 0.4) is 0 Å². The third-order valence-electron chi connectivity index (χ3n) is 4.61. The SMILES string of the molecule is CNCCOCCOCC(COCCOCC[NH-])(COCCOCC[NH-])COCCOCCNC.[Y].[Y]. The molecule has 0 aliphatic rings. The fraction of sp³-hybridized carbons (Fsp3) is 1.00. The molecule has 14 heteroatoms. The second-order valence-electron chi connectivity index (χ2n) is 7.87. The van der Waals surface area contributed by atoms with Crippen LogP contribution in [-0.2, 0) is 103 Å². The Morgan fingerprint density at radius 2 is 0.703 bits per heavy atom. The first kappa shape index (κ1) is 43.2. The van der Waals surface area contributed by atoms with E-state index in [0.29, 0.717) is 106 Å². The van der Waals surface area contributed by atoms with E-state index in [0.717, 1.165) is 13.1 Å². The molecule has 0 aromatic carbocycles. The van der Waals surface area contributed by atoms with Gasteiger partial charge in [0, 0.05) is 91.7 Å². The minimum absolute atomic E-state index is 0. The Bertz CT molecular complexity index is 389. The molecule has 0 spiro atoms. The summed E-state index contributed by atoms with van der Waals surface area (Å²) in [4.78, 5) is 0. The van der Waals surface area contributed by atoms with Crippen LogP contribution in [0, 0.1) is 5.41 Å². The van der Waals surface area contributed by atoms with Crippen molar-refractivity contribution in [2.75, 3.05) is 146 Å². The second kappa shape index (κ2) is 35.8. The second-order valence-corrected chi connectivity index (χ2v) is 7.87. The summed E-state index contributed by atoms with van der Waals surface area (Å²) in [5.41, 5.74) is 13.8. The maximum Gasteiger partial charge on any atom is 0.0701 e. The van der Waals surface area contributed by atoms with Gasteiger partial charge in [0.1, 0.15) is 0 Å². The van der Waals surface area contributed by atoms with Crippen molar-refractivity contribution < 1.29 is 103 Å². The fourth-order valence-electron chi connectivity index (χ4n) is 2.78. The largest absolute Gasteiger partial charge is 0.676 e. The Kier molecular flexibility index (Phi) is 41.7. The smallest absolute Gasteiger partial charge is 0.0701 e. The Hall–Kier alpha value is 1.73. The van der Waals surface area contributed by atoms with E-state index in [1.807, 2.05) is 14.1 Å². The standard InChI is InChI=1S/C23H50N4O8.2Y/c1-26-5-9-30-13-17-34-21-23(19-32-15-11-28-7-3-24,20-33-16-12-29-8-4-25)22-35-18-14-31-10-6-27-2;;/h24-27H,3-22H2,1-2H3;;/q-2;;. The summed E-state index contributed by atoms with van der Waals surface area (Å²) in [5.74, 6) is 0. The van der Waals surface area contributed by atoms with Crippen LogP contribution < -0.4 is 10.6 Å². The average molecular weight is 688 g/mol. The van der Waals surface area contributed by atoms with Gasteiger partial charge in [-0.25, -0.2) is 0 Å². The predicted molar refractivity (Wildman–Crippen MR) is 135 cm³/mol. The van der Waals surface area contributed by atoms with Crippen LogP contribution in [0.15, 0.2) is 0 Å². The van der Waals surface area contributed by atoms with E-state index >= 15 is 0 Å². The Labute approximate surface area is 274 Å². The number of rotatable bonds is 30. The van der Waals surface area contributed by atoms with E-state index in [1.54, 1.807) is 0 Å². The summed E-state index contributed by atoms with van der Waals surface area (Å²) in [7, 11) is 3.77. The molecule has 0 rings (SSSR count). The molecule has 0 heterocycles. The molecule has 0 aliphatic carbocycles. The van der Waals surface area contributed by atoms with Crippen LogP contribution in [0.4, 0.5) is 0 Å². The Balaban J connectivity index is -0.00000578. The molecule has 0 aliphatic heterocycles. The normalized spacial score (nSPS) is 11.4. The zero-order valence-corrected chi connectivity index (χ0v) is 28.7. The van der Waals surface area contributed by atoms with E-state index in [-0.39, 0.29) is 78.5 Å². The fourth-order valence-corrected chi connectivity index (χ4v) is 2.78. The van der Waals surface area contributed by atoms with Gasteiger partial charge in [0.15, 0.2) is 0 Å². The first-order valence-corrected chi connectivity index (χ1v) is 12.4. The molecule has 0 aromatic rings. The molecule has 218 valence electrons. The van der Waals surface area contributed by atoms with Crippen molar-refractivity contribution in [3.05, 3.63) is 11.5 Å². The molecule has 2 radical (unpaired) electrons. The van der Waals surface area contributed by atoms with Crippen molar-refractivity contribution in [2.45, 2.75) is 0 Å². The molecule has 0 fully saturated rings. The van der Waals surface area contributed by atoms with E-state index in [9.17, 15) is 0 Å². The first-order chi connectivity index (χ1) is 17.2. The number of likely N-dealkylation sites (N-methyl/N-ethyl adjacent to an activating group) is 2. The summed E-state index contributed by atoms with van der Waals surface area (Å²) in [6.07, 6.45) is 0. The van der Waals surface area contributed by atoms with Crippen LogP contribution in [0.5, 0.6) is 0 Å². The topological polar surface area (TPSA) is 146 Å². The molecule has 37 heavy (non-hydrogen) atoms. The number of nitrogens with one attached hydrogen (secondary N) is 4. The van der Waals surface area contributed by atoms with Crippen LogP contribution in [0.2, 0.25) is 0 Å². The first-order valence-electron chi connectivity index (χ1n) is 12.4. The van der Waals surface area contributed by atoms with Gasteiger partial charge in [0.25, 0.3) is 0 Å². The van der Waals surface area contributed by atoms with E-state index in [1.165, 1.54) is 0 Å². The molecule has 0 bridgehead atoms. The number of ether oxygens (including phenoxy) is 8. The molecule has 0 atom stereocenters. The molecule has 0 saturated carbocycles. The summed E-state index contributed by atoms with van der Waals surface area (Å²) in [6, 6.07) is 0. The third-order valence-corrected chi connectivity index (χ3v) is 4.61. The number of hydrogen-bond acceptors (Lipinski definition) is 10. The van der Waals surface area contributed by atoms with Crippen molar-refractivity contribution in [1.29, 1.82) is 0 Å².